The molecular weight excluding hydrogens is 398 g/mol. The zero-order valence-electron chi connectivity index (χ0n) is 17.3. The van der Waals surface area contributed by atoms with E-state index < -0.39 is 5.69 Å². The van der Waals surface area contributed by atoms with E-state index in [1.54, 1.807) is 0 Å². The quantitative estimate of drug-likeness (QED) is 0.358. The fraction of sp³-hybridized carbons (Fsp3) is 0.0385. The number of aryl methyl sites for hydroxylation is 1. The summed E-state index contributed by atoms with van der Waals surface area (Å²) >= 11 is 0. The lowest BCUT2D eigenvalue weighted by molar-refractivity contribution is 1.07. The number of nitrogens with zero attached hydrogens (tertiary/aromatic N) is 2. The Morgan fingerprint density at radius 1 is 0.750 bits per heavy atom. The third-order valence-corrected chi connectivity index (χ3v) is 5.66. The molecule has 6 nitrogen and oxygen atoms in total. The van der Waals surface area contributed by atoms with Gasteiger partial charge < -0.3 is 15.0 Å². The van der Waals surface area contributed by atoms with Gasteiger partial charge in [0.15, 0.2) is 5.82 Å². The molecule has 0 saturated carbocycles. The minimum absolute atomic E-state index is 0.418. The Bertz CT molecular complexity index is 1620. The largest absolute Gasteiger partial charge is 0.354 e. The van der Waals surface area contributed by atoms with Crippen LogP contribution in [0, 0.1) is 6.92 Å². The van der Waals surface area contributed by atoms with Gasteiger partial charge in [0.2, 0.25) is 0 Å². The lowest BCUT2D eigenvalue weighted by Gasteiger charge is -2.06. The lowest BCUT2D eigenvalue weighted by Crippen LogP contribution is -2.12. The van der Waals surface area contributed by atoms with Gasteiger partial charge in [-0.2, -0.15) is 4.98 Å². The van der Waals surface area contributed by atoms with Crippen LogP contribution in [-0.2, 0) is 0 Å². The maximum absolute atomic E-state index is 12.6. The number of benzene rings is 3. The molecule has 0 saturated heterocycles. The minimum atomic E-state index is -0.418. The smallest absolute Gasteiger partial charge is 0.346 e. The van der Waals surface area contributed by atoms with Crippen LogP contribution in [0.1, 0.15) is 5.56 Å². The molecule has 3 N–H and O–H groups in total. The van der Waals surface area contributed by atoms with Crippen LogP contribution in [0.2, 0.25) is 0 Å². The topological polar surface area (TPSA) is 90.2 Å². The van der Waals surface area contributed by atoms with Crippen molar-refractivity contribution in [1.29, 1.82) is 0 Å². The molecule has 0 unspecified atom stereocenters. The molecule has 6 rings (SSSR count). The van der Waals surface area contributed by atoms with Crippen molar-refractivity contribution in [3.05, 3.63) is 94.9 Å². The second kappa shape index (κ2) is 7.06. The summed E-state index contributed by atoms with van der Waals surface area (Å²) in [6.07, 6.45) is 0. The third kappa shape index (κ3) is 3.01. The number of rotatable bonds is 3. The van der Waals surface area contributed by atoms with Gasteiger partial charge in [-0.3, -0.25) is 0 Å². The van der Waals surface area contributed by atoms with Gasteiger partial charge in [0, 0.05) is 16.5 Å². The molecule has 0 aliphatic carbocycles. The predicted molar refractivity (Wildman–Crippen MR) is 127 cm³/mol. The van der Waals surface area contributed by atoms with Gasteiger partial charge in [-0.15, -0.1) is 0 Å². The molecule has 32 heavy (non-hydrogen) atoms. The molecule has 0 aliphatic heterocycles. The number of nitrogens with one attached hydrogen (secondary N) is 3. The molecule has 0 radical (unpaired) electrons. The van der Waals surface area contributed by atoms with Crippen LogP contribution < -0.4 is 5.69 Å². The Labute approximate surface area is 183 Å². The molecule has 6 heteroatoms. The number of aromatic amines is 3. The van der Waals surface area contributed by atoms with Gasteiger partial charge in [0.25, 0.3) is 0 Å². The van der Waals surface area contributed by atoms with Crippen LogP contribution in [0.25, 0.3) is 56.0 Å². The van der Waals surface area contributed by atoms with Crippen LogP contribution in [0.5, 0.6) is 0 Å². The first kappa shape index (κ1) is 18.3. The van der Waals surface area contributed by atoms with Crippen molar-refractivity contribution in [2.75, 3.05) is 0 Å². The molecule has 0 bridgehead atoms. The number of fused-ring (bicyclic) bond motifs is 2. The summed E-state index contributed by atoms with van der Waals surface area (Å²) in [7, 11) is 0. The number of para-hydroxylation sites is 2. The van der Waals surface area contributed by atoms with Gasteiger partial charge in [0.05, 0.1) is 28.1 Å². The van der Waals surface area contributed by atoms with Gasteiger partial charge in [-0.25, -0.2) is 9.78 Å². The molecule has 6 aromatic rings. The van der Waals surface area contributed by atoms with E-state index in [2.05, 4.69) is 62.2 Å². The highest BCUT2D eigenvalue weighted by Crippen LogP contribution is 2.38. The Kier molecular flexibility index (Phi) is 4.04. The van der Waals surface area contributed by atoms with Crippen LogP contribution in [0.4, 0.5) is 0 Å². The number of H-pyrrole nitrogens is 3. The minimum Gasteiger partial charge on any atom is -0.354 e. The Morgan fingerprint density at radius 2 is 1.56 bits per heavy atom. The number of hydrogen-bond acceptors (Lipinski definition) is 3. The van der Waals surface area contributed by atoms with Gasteiger partial charge in [0.1, 0.15) is 0 Å². The maximum Gasteiger partial charge on any atom is 0.346 e. The molecule has 3 heterocycles. The second-order valence-corrected chi connectivity index (χ2v) is 7.88. The standard InChI is InChI=1S/C26H19N5O/c1-15-11-12-18-17(13-15)23(24(27-18)16-7-3-2-4-8-16)21-14-22(31-26(32)30-21)25-28-19-9-5-6-10-20(19)29-25/h2-14,27H,1H3,(H,28,29)(H,30,31,32). The molecule has 0 atom stereocenters. The maximum atomic E-state index is 12.6. The van der Waals surface area contributed by atoms with E-state index in [0.29, 0.717) is 17.2 Å². The van der Waals surface area contributed by atoms with E-state index in [-0.39, 0.29) is 0 Å². The van der Waals surface area contributed by atoms with Crippen molar-refractivity contribution < 1.29 is 0 Å². The fourth-order valence-electron chi connectivity index (χ4n) is 4.19. The van der Waals surface area contributed by atoms with Crippen molar-refractivity contribution in [2.24, 2.45) is 0 Å². The van der Waals surface area contributed by atoms with E-state index in [4.69, 9.17) is 0 Å². The number of aromatic nitrogens is 5. The molecule has 3 aromatic carbocycles. The summed E-state index contributed by atoms with van der Waals surface area (Å²) in [6.45, 7) is 2.06. The summed E-state index contributed by atoms with van der Waals surface area (Å²) in [4.78, 5) is 31.3. The summed E-state index contributed by atoms with van der Waals surface area (Å²) in [5.74, 6) is 0.601. The second-order valence-electron chi connectivity index (χ2n) is 7.88. The highest BCUT2D eigenvalue weighted by molar-refractivity contribution is 6.03. The Morgan fingerprint density at radius 3 is 2.41 bits per heavy atom. The molecule has 3 aromatic heterocycles. The van der Waals surface area contributed by atoms with E-state index in [1.165, 1.54) is 0 Å². The van der Waals surface area contributed by atoms with Crippen LogP contribution >= 0.6 is 0 Å². The zero-order valence-corrected chi connectivity index (χ0v) is 17.3. The fourth-order valence-corrected chi connectivity index (χ4v) is 4.19. The predicted octanol–water partition coefficient (Wildman–Crippen LogP) is 5.44. The summed E-state index contributed by atoms with van der Waals surface area (Å²) in [6, 6.07) is 26.0. The SMILES string of the molecule is Cc1ccc2[nH]c(-c3ccccc3)c(-c3cc(-c4nc5ccccc5[nH]4)[nH]c(=O)n3)c2c1. The van der Waals surface area contributed by atoms with Crippen molar-refractivity contribution >= 4 is 21.9 Å². The molecule has 0 amide bonds. The summed E-state index contributed by atoms with van der Waals surface area (Å²) in [5.41, 5.74) is 7.53. The molecular formula is C26H19N5O. The number of hydrogen-bond donors (Lipinski definition) is 3. The average molecular weight is 417 g/mol. The summed E-state index contributed by atoms with van der Waals surface area (Å²) in [5, 5.41) is 1.03. The molecule has 0 aliphatic rings. The number of imidazole rings is 1. The van der Waals surface area contributed by atoms with Crippen LogP contribution in [0.3, 0.4) is 0 Å². The third-order valence-electron chi connectivity index (χ3n) is 5.66. The first-order valence-electron chi connectivity index (χ1n) is 10.4. The normalized spacial score (nSPS) is 11.4. The molecule has 0 fully saturated rings. The average Bonchev–Trinajstić information content (AvgIpc) is 3.41. The van der Waals surface area contributed by atoms with Crippen LogP contribution in [-0.4, -0.2) is 24.9 Å². The molecule has 154 valence electrons. The van der Waals surface area contributed by atoms with E-state index in [1.807, 2.05) is 48.5 Å². The van der Waals surface area contributed by atoms with Gasteiger partial charge in [-0.05, 0) is 42.8 Å². The van der Waals surface area contributed by atoms with Crippen molar-refractivity contribution in [3.63, 3.8) is 0 Å². The first-order chi connectivity index (χ1) is 15.7. The Hall–Kier alpha value is -4.45. The van der Waals surface area contributed by atoms with Gasteiger partial charge in [-0.1, -0.05) is 54.1 Å². The van der Waals surface area contributed by atoms with Crippen molar-refractivity contribution in [3.8, 4) is 34.0 Å². The van der Waals surface area contributed by atoms with Crippen molar-refractivity contribution in [1.82, 2.24) is 24.9 Å². The molecule has 0 spiro atoms. The van der Waals surface area contributed by atoms with Crippen molar-refractivity contribution in [2.45, 2.75) is 6.92 Å². The highest BCUT2D eigenvalue weighted by atomic mass is 16.1. The van der Waals surface area contributed by atoms with E-state index in [0.717, 1.165) is 44.3 Å². The Balaban J connectivity index is 1.62. The lowest BCUT2D eigenvalue weighted by atomic mass is 10.0. The monoisotopic (exact) mass is 417 g/mol. The zero-order chi connectivity index (χ0) is 21.7. The van der Waals surface area contributed by atoms with Gasteiger partial charge >= 0.3 is 5.69 Å². The van der Waals surface area contributed by atoms with E-state index in [9.17, 15) is 4.79 Å². The van der Waals surface area contributed by atoms with E-state index >= 15 is 0 Å². The highest BCUT2D eigenvalue weighted by Gasteiger charge is 2.18. The summed E-state index contributed by atoms with van der Waals surface area (Å²) < 4.78 is 0. The van der Waals surface area contributed by atoms with Crippen LogP contribution in [0.15, 0.2) is 83.7 Å². The first-order valence-corrected chi connectivity index (χ1v) is 10.4.